The fraction of sp³-hybridized carbons (Fsp3) is 0.700. The summed E-state index contributed by atoms with van der Waals surface area (Å²) < 4.78 is 31.1. The van der Waals surface area contributed by atoms with Crippen LogP contribution in [0.25, 0.3) is 0 Å². The van der Waals surface area contributed by atoms with E-state index in [2.05, 4.69) is 28.0 Å². The third-order valence-corrected chi connectivity index (χ3v) is 2.67. The maximum absolute atomic E-state index is 11.8. The Morgan fingerprint density at radius 1 is 1.56 bits per heavy atom. The average Bonchev–Trinajstić information content (AvgIpc) is 2.56. The molecule has 16 heavy (non-hydrogen) atoms. The number of alkyl halides is 2. The van der Waals surface area contributed by atoms with Crippen molar-refractivity contribution in [2.24, 2.45) is 0 Å². The maximum Gasteiger partial charge on any atom is 0.261 e. The van der Waals surface area contributed by atoms with E-state index >= 15 is 0 Å². The first-order chi connectivity index (χ1) is 7.63. The van der Waals surface area contributed by atoms with Crippen LogP contribution < -0.4 is 0 Å². The van der Waals surface area contributed by atoms with Gasteiger partial charge in [-0.05, 0) is 22.4 Å². The molecule has 0 saturated carbocycles. The molecule has 0 aliphatic heterocycles. The van der Waals surface area contributed by atoms with Crippen LogP contribution in [0.15, 0.2) is 10.7 Å². The molecule has 3 nitrogen and oxygen atoms in total. The number of hydrogen-bond acceptors (Lipinski definition) is 2. The summed E-state index contributed by atoms with van der Waals surface area (Å²) in [5, 5.41) is 4.24. The fourth-order valence-electron chi connectivity index (χ4n) is 1.21. The number of aryl methyl sites for hydroxylation is 1. The van der Waals surface area contributed by atoms with Crippen molar-refractivity contribution in [3.8, 4) is 0 Å². The van der Waals surface area contributed by atoms with Gasteiger partial charge in [-0.25, -0.2) is 8.78 Å². The second kappa shape index (κ2) is 6.96. The maximum atomic E-state index is 11.8. The van der Waals surface area contributed by atoms with Crippen LogP contribution in [0.4, 0.5) is 8.78 Å². The van der Waals surface area contributed by atoms with Crippen LogP contribution in [0.3, 0.4) is 0 Å². The van der Waals surface area contributed by atoms with E-state index in [1.807, 2.05) is 6.20 Å². The smallest absolute Gasteiger partial charge is 0.261 e. The number of hydrogen-bond donors (Lipinski definition) is 0. The molecule has 0 radical (unpaired) electrons. The predicted octanol–water partition coefficient (Wildman–Crippen LogP) is 3.23. The Balaban J connectivity index is 2.43. The Morgan fingerprint density at radius 3 is 2.94 bits per heavy atom. The topological polar surface area (TPSA) is 27.1 Å². The van der Waals surface area contributed by atoms with Crippen LogP contribution in [0.2, 0.25) is 0 Å². The first kappa shape index (κ1) is 13.6. The molecule has 0 bridgehead atoms. The minimum Gasteiger partial charge on any atom is -0.369 e. The molecule has 0 aliphatic rings. The van der Waals surface area contributed by atoms with Gasteiger partial charge in [0.2, 0.25) is 0 Å². The van der Waals surface area contributed by atoms with E-state index in [-0.39, 0.29) is 6.61 Å². The summed E-state index contributed by atoms with van der Waals surface area (Å²) in [5.41, 5.74) is 0.664. The normalized spacial score (nSPS) is 11.3. The van der Waals surface area contributed by atoms with Gasteiger partial charge in [0.05, 0.1) is 11.1 Å². The summed E-state index contributed by atoms with van der Waals surface area (Å²) in [6.07, 6.45) is 1.55. The van der Waals surface area contributed by atoms with Crippen molar-refractivity contribution < 1.29 is 13.5 Å². The Kier molecular flexibility index (Phi) is 5.90. The number of ether oxygens (including phenoxy) is 1. The van der Waals surface area contributed by atoms with Gasteiger partial charge in [-0.2, -0.15) is 5.10 Å². The standard InChI is InChI=1S/C10H15BrF2N2O/c1-2-3-4-15-5-8(11)9(14-15)6-16-7-10(12)13/h5,10H,2-4,6-7H2,1H3. The number of rotatable bonds is 7. The molecular formula is C10H15BrF2N2O. The third kappa shape index (κ3) is 4.57. The van der Waals surface area contributed by atoms with E-state index in [9.17, 15) is 8.78 Å². The van der Waals surface area contributed by atoms with E-state index in [1.54, 1.807) is 4.68 Å². The summed E-state index contributed by atoms with van der Waals surface area (Å²) in [7, 11) is 0. The zero-order valence-electron chi connectivity index (χ0n) is 9.13. The van der Waals surface area contributed by atoms with Crippen LogP contribution in [-0.4, -0.2) is 22.8 Å². The molecule has 0 unspecified atom stereocenters. The number of nitrogens with zero attached hydrogens (tertiary/aromatic N) is 2. The Hall–Kier alpha value is -0.490. The molecule has 6 heteroatoms. The molecule has 0 aromatic carbocycles. The van der Waals surface area contributed by atoms with Gasteiger partial charge in [0.1, 0.15) is 12.3 Å². The summed E-state index contributed by atoms with van der Waals surface area (Å²) in [6, 6.07) is 0. The van der Waals surface area contributed by atoms with Crippen LogP contribution >= 0.6 is 15.9 Å². The minimum atomic E-state index is -2.43. The zero-order chi connectivity index (χ0) is 12.0. The molecule has 1 aromatic heterocycles. The molecule has 0 N–H and O–H groups in total. The number of halogens is 3. The Morgan fingerprint density at radius 2 is 2.31 bits per heavy atom. The number of unbranched alkanes of at least 4 members (excludes halogenated alkanes) is 1. The lowest BCUT2D eigenvalue weighted by Crippen LogP contribution is -2.05. The van der Waals surface area contributed by atoms with Gasteiger partial charge in [0.15, 0.2) is 0 Å². The molecule has 1 aromatic rings. The molecule has 1 rings (SSSR count). The lowest BCUT2D eigenvalue weighted by atomic mass is 10.3. The van der Waals surface area contributed by atoms with Gasteiger partial charge in [-0.15, -0.1) is 0 Å². The summed E-state index contributed by atoms with van der Waals surface area (Å²) in [4.78, 5) is 0. The second-order valence-corrected chi connectivity index (χ2v) is 4.30. The average molecular weight is 297 g/mol. The molecule has 92 valence electrons. The van der Waals surface area contributed by atoms with E-state index < -0.39 is 13.0 Å². The highest BCUT2D eigenvalue weighted by molar-refractivity contribution is 9.10. The lowest BCUT2D eigenvalue weighted by Gasteiger charge is -2.01. The monoisotopic (exact) mass is 296 g/mol. The van der Waals surface area contributed by atoms with Crippen molar-refractivity contribution in [1.82, 2.24) is 9.78 Å². The largest absolute Gasteiger partial charge is 0.369 e. The van der Waals surface area contributed by atoms with Crippen molar-refractivity contribution in [2.75, 3.05) is 6.61 Å². The highest BCUT2D eigenvalue weighted by atomic mass is 79.9. The SMILES string of the molecule is CCCCn1cc(Br)c(COCC(F)F)n1. The van der Waals surface area contributed by atoms with Crippen molar-refractivity contribution >= 4 is 15.9 Å². The summed E-state index contributed by atoms with van der Waals surface area (Å²) >= 11 is 3.33. The molecule has 0 fully saturated rings. The van der Waals surface area contributed by atoms with Crippen molar-refractivity contribution in [2.45, 2.75) is 39.3 Å². The molecule has 1 heterocycles. The van der Waals surface area contributed by atoms with Crippen molar-refractivity contribution in [3.05, 3.63) is 16.4 Å². The summed E-state index contributed by atoms with van der Waals surface area (Å²) in [6.45, 7) is 2.51. The van der Waals surface area contributed by atoms with Gasteiger partial charge in [0.25, 0.3) is 6.43 Å². The third-order valence-electron chi connectivity index (χ3n) is 2.01. The molecule has 0 saturated heterocycles. The van der Waals surface area contributed by atoms with Gasteiger partial charge in [0, 0.05) is 12.7 Å². The molecule has 0 spiro atoms. The van der Waals surface area contributed by atoms with Crippen LogP contribution in [0.5, 0.6) is 0 Å². The van der Waals surface area contributed by atoms with Crippen molar-refractivity contribution in [3.63, 3.8) is 0 Å². The van der Waals surface area contributed by atoms with E-state index in [1.165, 1.54) is 0 Å². The Labute approximate surface area is 102 Å². The summed E-state index contributed by atoms with van der Waals surface area (Å²) in [5.74, 6) is 0. The predicted molar refractivity (Wildman–Crippen MR) is 60.5 cm³/mol. The quantitative estimate of drug-likeness (QED) is 0.772. The van der Waals surface area contributed by atoms with E-state index in [4.69, 9.17) is 4.74 Å². The van der Waals surface area contributed by atoms with Gasteiger partial charge in [-0.1, -0.05) is 13.3 Å². The van der Waals surface area contributed by atoms with Gasteiger partial charge in [-0.3, -0.25) is 4.68 Å². The first-order valence-corrected chi connectivity index (χ1v) is 6.00. The molecular weight excluding hydrogens is 282 g/mol. The highest BCUT2D eigenvalue weighted by Gasteiger charge is 2.08. The first-order valence-electron chi connectivity index (χ1n) is 5.21. The second-order valence-electron chi connectivity index (χ2n) is 3.45. The van der Waals surface area contributed by atoms with Gasteiger partial charge >= 0.3 is 0 Å². The minimum absolute atomic E-state index is 0.115. The number of aromatic nitrogens is 2. The Bertz CT molecular complexity index is 318. The van der Waals surface area contributed by atoms with Crippen LogP contribution in [0.1, 0.15) is 25.5 Å². The molecule has 0 aliphatic carbocycles. The lowest BCUT2D eigenvalue weighted by molar-refractivity contribution is 0.00851. The van der Waals surface area contributed by atoms with Crippen LogP contribution in [0, 0.1) is 0 Å². The molecule has 0 atom stereocenters. The van der Waals surface area contributed by atoms with Gasteiger partial charge < -0.3 is 4.74 Å². The fourth-order valence-corrected chi connectivity index (χ4v) is 1.64. The van der Waals surface area contributed by atoms with E-state index in [0.29, 0.717) is 5.69 Å². The van der Waals surface area contributed by atoms with E-state index in [0.717, 1.165) is 23.9 Å². The zero-order valence-corrected chi connectivity index (χ0v) is 10.7. The highest BCUT2D eigenvalue weighted by Crippen LogP contribution is 2.16. The van der Waals surface area contributed by atoms with Crippen LogP contribution in [-0.2, 0) is 17.9 Å². The molecule has 0 amide bonds. The van der Waals surface area contributed by atoms with Crippen molar-refractivity contribution in [1.29, 1.82) is 0 Å².